The SMILES string of the molecule is COc1ccccc1-c1c(OC(C)C)n[nH]c1C. The third kappa shape index (κ3) is 2.32. The van der Waals surface area contributed by atoms with Gasteiger partial charge in [0.2, 0.25) is 5.88 Å². The Morgan fingerprint density at radius 3 is 2.61 bits per heavy atom. The topological polar surface area (TPSA) is 47.1 Å². The second-order valence-electron chi connectivity index (χ2n) is 4.40. The Bertz CT molecular complexity index is 532. The number of methoxy groups -OCH3 is 1. The molecule has 0 bridgehead atoms. The van der Waals surface area contributed by atoms with E-state index in [0.717, 1.165) is 22.6 Å². The molecular formula is C14H18N2O2. The fourth-order valence-electron chi connectivity index (χ4n) is 1.88. The minimum atomic E-state index is 0.0844. The van der Waals surface area contributed by atoms with E-state index < -0.39 is 0 Å². The third-order valence-corrected chi connectivity index (χ3v) is 2.64. The highest BCUT2D eigenvalue weighted by atomic mass is 16.5. The molecule has 0 spiro atoms. The first kappa shape index (κ1) is 12.5. The summed E-state index contributed by atoms with van der Waals surface area (Å²) in [5.74, 6) is 1.43. The standard InChI is InChI=1S/C14H18N2O2/c1-9(2)18-14-13(10(3)15-16-14)11-7-5-6-8-12(11)17-4/h5-9H,1-4H3,(H,15,16). The van der Waals surface area contributed by atoms with Gasteiger partial charge in [0.25, 0.3) is 0 Å². The fourth-order valence-corrected chi connectivity index (χ4v) is 1.88. The Balaban J connectivity index is 2.52. The van der Waals surface area contributed by atoms with Crippen LogP contribution in [0.15, 0.2) is 24.3 Å². The van der Waals surface area contributed by atoms with Crippen molar-refractivity contribution in [3.63, 3.8) is 0 Å². The number of nitrogens with one attached hydrogen (secondary N) is 1. The van der Waals surface area contributed by atoms with Gasteiger partial charge >= 0.3 is 0 Å². The van der Waals surface area contributed by atoms with Crippen LogP contribution < -0.4 is 9.47 Å². The first-order valence-corrected chi connectivity index (χ1v) is 5.98. The molecule has 1 heterocycles. The van der Waals surface area contributed by atoms with Crippen molar-refractivity contribution >= 4 is 0 Å². The van der Waals surface area contributed by atoms with Gasteiger partial charge in [-0.15, -0.1) is 5.10 Å². The van der Waals surface area contributed by atoms with Crippen LogP contribution >= 0.6 is 0 Å². The van der Waals surface area contributed by atoms with Crippen LogP contribution in [0, 0.1) is 6.92 Å². The second-order valence-corrected chi connectivity index (χ2v) is 4.40. The summed E-state index contributed by atoms with van der Waals surface area (Å²) in [6.07, 6.45) is 0.0844. The fraction of sp³-hybridized carbons (Fsp3) is 0.357. The molecule has 0 amide bonds. The maximum Gasteiger partial charge on any atom is 0.241 e. The summed E-state index contributed by atoms with van der Waals surface area (Å²) in [6.45, 7) is 5.94. The lowest BCUT2D eigenvalue weighted by molar-refractivity contribution is 0.233. The van der Waals surface area contributed by atoms with Crippen LogP contribution in [0.3, 0.4) is 0 Å². The van der Waals surface area contributed by atoms with E-state index in [1.165, 1.54) is 0 Å². The Hall–Kier alpha value is -1.97. The number of benzene rings is 1. The average Bonchev–Trinajstić information content (AvgIpc) is 2.69. The number of aromatic nitrogens is 2. The van der Waals surface area contributed by atoms with Crippen LogP contribution in [0.4, 0.5) is 0 Å². The van der Waals surface area contributed by atoms with Crippen LogP contribution in [0.5, 0.6) is 11.6 Å². The molecule has 0 atom stereocenters. The van der Waals surface area contributed by atoms with Gasteiger partial charge < -0.3 is 9.47 Å². The predicted molar refractivity (Wildman–Crippen MR) is 71.1 cm³/mol. The third-order valence-electron chi connectivity index (χ3n) is 2.64. The Morgan fingerprint density at radius 1 is 1.22 bits per heavy atom. The zero-order chi connectivity index (χ0) is 13.1. The normalized spacial score (nSPS) is 10.7. The molecule has 0 saturated carbocycles. The largest absolute Gasteiger partial charge is 0.496 e. The summed E-state index contributed by atoms with van der Waals surface area (Å²) in [4.78, 5) is 0. The molecule has 0 fully saturated rings. The molecule has 96 valence electrons. The van der Waals surface area contributed by atoms with E-state index in [9.17, 15) is 0 Å². The first-order chi connectivity index (χ1) is 8.63. The number of nitrogens with zero attached hydrogens (tertiary/aromatic N) is 1. The van der Waals surface area contributed by atoms with Crippen molar-refractivity contribution in [1.29, 1.82) is 0 Å². The molecule has 0 aliphatic heterocycles. The van der Waals surface area contributed by atoms with Crippen molar-refractivity contribution in [2.75, 3.05) is 7.11 Å². The van der Waals surface area contributed by atoms with Crippen molar-refractivity contribution < 1.29 is 9.47 Å². The highest BCUT2D eigenvalue weighted by molar-refractivity contribution is 5.76. The lowest BCUT2D eigenvalue weighted by Crippen LogP contribution is -2.06. The molecule has 4 nitrogen and oxygen atoms in total. The second kappa shape index (κ2) is 5.12. The van der Waals surface area contributed by atoms with Crippen molar-refractivity contribution in [1.82, 2.24) is 10.2 Å². The predicted octanol–water partition coefficient (Wildman–Crippen LogP) is 3.18. The summed E-state index contributed by atoms with van der Waals surface area (Å²) in [5.41, 5.74) is 2.92. The van der Waals surface area contributed by atoms with Gasteiger partial charge in [-0.3, -0.25) is 5.10 Å². The number of hydrogen-bond acceptors (Lipinski definition) is 3. The molecular weight excluding hydrogens is 228 g/mol. The molecule has 0 saturated heterocycles. The maximum absolute atomic E-state index is 5.72. The van der Waals surface area contributed by atoms with Gasteiger partial charge in [-0.25, -0.2) is 0 Å². The Labute approximate surface area is 107 Å². The number of H-pyrrole nitrogens is 1. The summed E-state index contributed by atoms with van der Waals surface area (Å²) in [7, 11) is 1.66. The maximum atomic E-state index is 5.72. The monoisotopic (exact) mass is 246 g/mol. The number of hydrogen-bond donors (Lipinski definition) is 1. The van der Waals surface area contributed by atoms with E-state index in [2.05, 4.69) is 10.2 Å². The molecule has 1 aromatic heterocycles. The van der Waals surface area contributed by atoms with E-state index in [-0.39, 0.29) is 6.10 Å². The van der Waals surface area contributed by atoms with Crippen LogP contribution in [-0.4, -0.2) is 23.4 Å². The number of ether oxygens (including phenoxy) is 2. The van der Waals surface area contributed by atoms with Crippen molar-refractivity contribution in [2.45, 2.75) is 26.9 Å². The van der Waals surface area contributed by atoms with Crippen LogP contribution in [0.2, 0.25) is 0 Å². The van der Waals surface area contributed by atoms with E-state index in [1.807, 2.05) is 45.0 Å². The molecule has 0 aliphatic carbocycles. The van der Waals surface area contributed by atoms with Gasteiger partial charge in [0.05, 0.1) is 18.8 Å². The molecule has 0 radical (unpaired) electrons. The summed E-state index contributed by atoms with van der Waals surface area (Å²) < 4.78 is 11.1. The van der Waals surface area contributed by atoms with Gasteiger partial charge in [0.1, 0.15) is 5.75 Å². The first-order valence-electron chi connectivity index (χ1n) is 5.98. The minimum absolute atomic E-state index is 0.0844. The van der Waals surface area contributed by atoms with Gasteiger partial charge in [-0.05, 0) is 26.8 Å². The lowest BCUT2D eigenvalue weighted by atomic mass is 10.1. The highest BCUT2D eigenvalue weighted by Crippen LogP contribution is 2.37. The van der Waals surface area contributed by atoms with Crippen molar-refractivity contribution in [2.24, 2.45) is 0 Å². The average molecular weight is 246 g/mol. The highest BCUT2D eigenvalue weighted by Gasteiger charge is 2.17. The smallest absolute Gasteiger partial charge is 0.241 e. The molecule has 2 rings (SSSR count). The molecule has 4 heteroatoms. The van der Waals surface area contributed by atoms with Crippen molar-refractivity contribution in [3.05, 3.63) is 30.0 Å². The van der Waals surface area contributed by atoms with Crippen LogP contribution in [-0.2, 0) is 0 Å². The number of aromatic amines is 1. The van der Waals surface area contributed by atoms with Gasteiger partial charge in [0.15, 0.2) is 0 Å². The van der Waals surface area contributed by atoms with E-state index >= 15 is 0 Å². The molecule has 0 unspecified atom stereocenters. The van der Waals surface area contributed by atoms with Crippen LogP contribution in [0.25, 0.3) is 11.1 Å². The quantitative estimate of drug-likeness (QED) is 0.901. The van der Waals surface area contributed by atoms with Crippen molar-refractivity contribution in [3.8, 4) is 22.8 Å². The summed E-state index contributed by atoms with van der Waals surface area (Å²) in [5, 5.41) is 7.17. The summed E-state index contributed by atoms with van der Waals surface area (Å²) in [6, 6.07) is 7.86. The molecule has 1 N–H and O–H groups in total. The van der Waals surface area contributed by atoms with Crippen LogP contribution in [0.1, 0.15) is 19.5 Å². The molecule has 2 aromatic rings. The number of para-hydroxylation sites is 1. The summed E-state index contributed by atoms with van der Waals surface area (Å²) >= 11 is 0. The van der Waals surface area contributed by atoms with E-state index in [1.54, 1.807) is 7.11 Å². The van der Waals surface area contributed by atoms with Gasteiger partial charge in [-0.2, -0.15) is 0 Å². The number of rotatable bonds is 4. The Kier molecular flexibility index (Phi) is 3.55. The van der Waals surface area contributed by atoms with E-state index in [4.69, 9.17) is 9.47 Å². The zero-order valence-electron chi connectivity index (χ0n) is 11.2. The zero-order valence-corrected chi connectivity index (χ0v) is 11.2. The molecule has 0 aliphatic rings. The molecule has 1 aromatic carbocycles. The molecule has 18 heavy (non-hydrogen) atoms. The van der Waals surface area contributed by atoms with Gasteiger partial charge in [0, 0.05) is 11.3 Å². The number of aryl methyl sites for hydroxylation is 1. The Morgan fingerprint density at radius 2 is 1.94 bits per heavy atom. The minimum Gasteiger partial charge on any atom is -0.496 e. The van der Waals surface area contributed by atoms with E-state index in [0.29, 0.717) is 5.88 Å². The van der Waals surface area contributed by atoms with Gasteiger partial charge in [-0.1, -0.05) is 18.2 Å². The lowest BCUT2D eigenvalue weighted by Gasteiger charge is -2.11.